The molecule has 0 bridgehead atoms. The predicted molar refractivity (Wildman–Crippen MR) is 119 cm³/mol. The van der Waals surface area contributed by atoms with Gasteiger partial charge in [-0.05, 0) is 37.6 Å². The second-order valence-electron chi connectivity index (χ2n) is 7.21. The molecule has 1 saturated heterocycles. The first kappa shape index (κ1) is 22.2. The molecule has 6 heteroatoms. The standard InChI is InChI=1S/C22H23N3O.2ClH/c1-14-8-9-21-17(10-14)11-18(15(2)24-21)22(26)25-12-19(20(23)13-25)16-6-4-3-5-7-16;;/h3-11,19-20H,12-13,23H2,1-2H3;2*1H/t19-,20+;;/m0../s1. The van der Waals surface area contributed by atoms with Crippen LogP contribution in [0.1, 0.15) is 33.1 Å². The summed E-state index contributed by atoms with van der Waals surface area (Å²) in [7, 11) is 0. The molecule has 1 fully saturated rings. The van der Waals surface area contributed by atoms with Crippen molar-refractivity contribution in [2.75, 3.05) is 13.1 Å². The van der Waals surface area contributed by atoms with Crippen LogP contribution >= 0.6 is 24.8 Å². The summed E-state index contributed by atoms with van der Waals surface area (Å²) < 4.78 is 0. The van der Waals surface area contributed by atoms with Crippen molar-refractivity contribution in [3.05, 3.63) is 77.0 Å². The SMILES string of the molecule is Cc1ccc2nc(C)c(C(=O)N3C[C@@H](N)[C@H](c4ccccc4)C3)cc2c1.Cl.Cl. The summed E-state index contributed by atoms with van der Waals surface area (Å²) >= 11 is 0. The van der Waals surface area contributed by atoms with E-state index >= 15 is 0 Å². The van der Waals surface area contributed by atoms with Crippen molar-refractivity contribution in [3.63, 3.8) is 0 Å². The number of carbonyl (C=O) groups is 1. The van der Waals surface area contributed by atoms with E-state index < -0.39 is 0 Å². The van der Waals surface area contributed by atoms with E-state index in [4.69, 9.17) is 5.73 Å². The number of rotatable bonds is 2. The van der Waals surface area contributed by atoms with Crippen LogP contribution in [0.4, 0.5) is 0 Å². The van der Waals surface area contributed by atoms with E-state index in [1.54, 1.807) is 0 Å². The highest BCUT2D eigenvalue weighted by Crippen LogP contribution is 2.28. The molecule has 0 unspecified atom stereocenters. The van der Waals surface area contributed by atoms with Gasteiger partial charge in [-0.15, -0.1) is 24.8 Å². The largest absolute Gasteiger partial charge is 0.336 e. The summed E-state index contributed by atoms with van der Waals surface area (Å²) in [5, 5.41) is 1.00. The maximum Gasteiger partial charge on any atom is 0.255 e. The van der Waals surface area contributed by atoms with E-state index in [-0.39, 0.29) is 42.7 Å². The Morgan fingerprint density at radius 3 is 2.46 bits per heavy atom. The van der Waals surface area contributed by atoms with Crippen molar-refractivity contribution in [2.24, 2.45) is 5.73 Å². The maximum atomic E-state index is 13.1. The van der Waals surface area contributed by atoms with Gasteiger partial charge in [0.1, 0.15) is 0 Å². The zero-order chi connectivity index (χ0) is 18.3. The quantitative estimate of drug-likeness (QED) is 0.677. The third-order valence-corrected chi connectivity index (χ3v) is 5.27. The number of benzene rings is 2. The Kier molecular flexibility index (Phi) is 7.05. The van der Waals surface area contributed by atoms with Crippen LogP contribution in [0.15, 0.2) is 54.6 Å². The average Bonchev–Trinajstić information content (AvgIpc) is 3.03. The molecule has 2 atom stereocenters. The van der Waals surface area contributed by atoms with Crippen LogP contribution < -0.4 is 5.73 Å². The molecule has 0 saturated carbocycles. The van der Waals surface area contributed by atoms with E-state index in [2.05, 4.69) is 23.2 Å². The average molecular weight is 418 g/mol. The number of likely N-dealkylation sites (tertiary alicyclic amines) is 1. The van der Waals surface area contributed by atoms with Crippen molar-refractivity contribution >= 4 is 41.6 Å². The van der Waals surface area contributed by atoms with Gasteiger partial charge in [0.2, 0.25) is 0 Å². The molecule has 1 aliphatic heterocycles. The summed E-state index contributed by atoms with van der Waals surface area (Å²) in [6, 6.07) is 18.3. The maximum absolute atomic E-state index is 13.1. The Hall–Kier alpha value is -2.14. The monoisotopic (exact) mass is 417 g/mol. The van der Waals surface area contributed by atoms with Crippen molar-refractivity contribution in [1.29, 1.82) is 0 Å². The highest BCUT2D eigenvalue weighted by atomic mass is 35.5. The van der Waals surface area contributed by atoms with Gasteiger partial charge in [0.15, 0.2) is 0 Å². The number of hydrogen-bond donors (Lipinski definition) is 1. The number of fused-ring (bicyclic) bond motifs is 1. The number of hydrogen-bond acceptors (Lipinski definition) is 3. The Morgan fingerprint density at radius 1 is 1.04 bits per heavy atom. The van der Waals surface area contributed by atoms with Gasteiger partial charge in [0.25, 0.3) is 5.91 Å². The predicted octanol–water partition coefficient (Wildman–Crippen LogP) is 4.26. The molecule has 1 aliphatic rings. The van der Waals surface area contributed by atoms with Crippen LogP contribution in [0.5, 0.6) is 0 Å². The zero-order valence-corrected chi connectivity index (χ0v) is 17.6. The van der Waals surface area contributed by atoms with E-state index in [0.717, 1.165) is 22.2 Å². The second-order valence-corrected chi connectivity index (χ2v) is 7.21. The van der Waals surface area contributed by atoms with Crippen molar-refractivity contribution in [2.45, 2.75) is 25.8 Å². The molecule has 2 aromatic carbocycles. The third-order valence-electron chi connectivity index (χ3n) is 5.27. The Morgan fingerprint density at radius 2 is 1.75 bits per heavy atom. The molecular weight excluding hydrogens is 393 g/mol. The topological polar surface area (TPSA) is 59.2 Å². The van der Waals surface area contributed by atoms with Crippen LogP contribution in [0.25, 0.3) is 10.9 Å². The molecule has 0 spiro atoms. The Bertz CT molecular complexity index is 978. The van der Waals surface area contributed by atoms with Crippen molar-refractivity contribution in [3.8, 4) is 0 Å². The first-order chi connectivity index (χ1) is 12.5. The van der Waals surface area contributed by atoms with Gasteiger partial charge in [-0.2, -0.15) is 0 Å². The lowest BCUT2D eigenvalue weighted by atomic mass is 9.95. The lowest BCUT2D eigenvalue weighted by Gasteiger charge is -2.18. The lowest BCUT2D eigenvalue weighted by molar-refractivity contribution is 0.0788. The second kappa shape index (κ2) is 8.91. The van der Waals surface area contributed by atoms with Gasteiger partial charge in [0, 0.05) is 30.4 Å². The number of pyridine rings is 1. The molecule has 3 aromatic rings. The fourth-order valence-corrected chi connectivity index (χ4v) is 3.83. The normalized spacial score (nSPS) is 18.5. The first-order valence-electron chi connectivity index (χ1n) is 9.01. The van der Waals surface area contributed by atoms with Gasteiger partial charge in [-0.25, -0.2) is 0 Å². The van der Waals surface area contributed by atoms with E-state index in [1.165, 1.54) is 5.56 Å². The van der Waals surface area contributed by atoms with Gasteiger partial charge < -0.3 is 10.6 Å². The number of nitrogens with two attached hydrogens (primary N) is 1. The van der Waals surface area contributed by atoms with Crippen LogP contribution in [-0.4, -0.2) is 34.9 Å². The van der Waals surface area contributed by atoms with Crippen LogP contribution in [0, 0.1) is 13.8 Å². The lowest BCUT2D eigenvalue weighted by Crippen LogP contribution is -2.32. The van der Waals surface area contributed by atoms with Gasteiger partial charge in [-0.1, -0.05) is 42.0 Å². The molecule has 4 nitrogen and oxygen atoms in total. The number of halogens is 2. The highest BCUT2D eigenvalue weighted by Gasteiger charge is 2.34. The summed E-state index contributed by atoms with van der Waals surface area (Å²) in [5.74, 6) is 0.198. The highest BCUT2D eigenvalue weighted by molar-refractivity contribution is 5.99. The van der Waals surface area contributed by atoms with Gasteiger partial charge in [-0.3, -0.25) is 9.78 Å². The Balaban J connectivity index is 0.00000140. The number of aromatic nitrogens is 1. The number of amides is 1. The van der Waals surface area contributed by atoms with Gasteiger partial charge >= 0.3 is 0 Å². The fourth-order valence-electron chi connectivity index (χ4n) is 3.83. The van der Waals surface area contributed by atoms with E-state index in [9.17, 15) is 4.79 Å². The van der Waals surface area contributed by atoms with E-state index in [0.29, 0.717) is 18.7 Å². The zero-order valence-electron chi connectivity index (χ0n) is 16.0. The molecular formula is C22H25Cl2N3O. The third kappa shape index (κ3) is 4.14. The molecule has 2 heterocycles. The summed E-state index contributed by atoms with van der Waals surface area (Å²) in [5.41, 5.74) is 11.1. The number of carbonyl (C=O) groups excluding carboxylic acids is 1. The minimum Gasteiger partial charge on any atom is -0.336 e. The molecule has 2 N–H and O–H groups in total. The molecule has 1 aromatic heterocycles. The minimum atomic E-state index is -0.0442. The smallest absolute Gasteiger partial charge is 0.255 e. The Labute approximate surface area is 178 Å². The van der Waals surface area contributed by atoms with Crippen LogP contribution in [0.2, 0.25) is 0 Å². The number of nitrogens with zero attached hydrogens (tertiary/aromatic N) is 2. The van der Waals surface area contributed by atoms with Crippen molar-refractivity contribution < 1.29 is 4.79 Å². The van der Waals surface area contributed by atoms with Gasteiger partial charge in [0.05, 0.1) is 16.8 Å². The molecule has 148 valence electrons. The summed E-state index contributed by atoms with van der Waals surface area (Å²) in [6.07, 6.45) is 0. The van der Waals surface area contributed by atoms with E-state index in [1.807, 2.05) is 55.1 Å². The first-order valence-corrected chi connectivity index (χ1v) is 9.01. The molecule has 4 rings (SSSR count). The van der Waals surface area contributed by atoms with Crippen LogP contribution in [-0.2, 0) is 0 Å². The fraction of sp³-hybridized carbons (Fsp3) is 0.273. The van der Waals surface area contributed by atoms with Crippen LogP contribution in [0.3, 0.4) is 0 Å². The molecule has 0 radical (unpaired) electrons. The minimum absolute atomic E-state index is 0. The summed E-state index contributed by atoms with van der Waals surface area (Å²) in [4.78, 5) is 19.6. The molecule has 28 heavy (non-hydrogen) atoms. The molecule has 0 aliphatic carbocycles. The molecule has 1 amide bonds. The van der Waals surface area contributed by atoms with Crippen molar-refractivity contribution in [1.82, 2.24) is 9.88 Å². The number of aryl methyl sites for hydroxylation is 2. The summed E-state index contributed by atoms with van der Waals surface area (Å²) in [6.45, 7) is 5.17.